The standard InChI is InChI=1S/C24H31NO8/c1-23(2)29-12-15(31-23)19-18(32-24(3,4)33-19)14(11-26)25-16(21(28-5)22(25)27)20-17(30-20)13-9-7-6-8-10-13/h6-11,14-21H,12H2,1-5H3/t14-,15+,16+,17+,18+,19+,20+,21-/m0/s1. The van der Waals surface area contributed by atoms with Crippen LogP contribution in [0.15, 0.2) is 30.3 Å². The fraction of sp³-hybridized carbons (Fsp3) is 0.667. The van der Waals surface area contributed by atoms with Crippen LogP contribution in [-0.2, 0) is 38.0 Å². The molecular weight excluding hydrogens is 430 g/mol. The third-order valence-corrected chi connectivity index (χ3v) is 6.73. The van der Waals surface area contributed by atoms with Crippen molar-refractivity contribution in [2.24, 2.45) is 0 Å². The molecule has 4 heterocycles. The predicted octanol–water partition coefficient (Wildman–Crippen LogP) is 1.59. The minimum Gasteiger partial charge on any atom is -0.369 e. The highest BCUT2D eigenvalue weighted by Crippen LogP contribution is 2.48. The maximum atomic E-state index is 13.1. The van der Waals surface area contributed by atoms with Crippen molar-refractivity contribution in [3.8, 4) is 0 Å². The number of carbonyl (C=O) groups is 2. The van der Waals surface area contributed by atoms with E-state index in [-0.39, 0.29) is 18.1 Å². The van der Waals surface area contributed by atoms with Gasteiger partial charge in [-0.15, -0.1) is 0 Å². The molecule has 4 aliphatic heterocycles. The van der Waals surface area contributed by atoms with E-state index in [9.17, 15) is 9.59 Å². The molecule has 4 saturated heterocycles. The summed E-state index contributed by atoms with van der Waals surface area (Å²) in [5.74, 6) is -1.97. The number of amides is 1. The van der Waals surface area contributed by atoms with Crippen molar-refractivity contribution in [3.63, 3.8) is 0 Å². The topological polar surface area (TPSA) is 96.1 Å². The zero-order chi connectivity index (χ0) is 23.5. The lowest BCUT2D eigenvalue weighted by Gasteiger charge is -2.49. The van der Waals surface area contributed by atoms with Crippen LogP contribution in [0, 0.1) is 0 Å². The van der Waals surface area contributed by atoms with Crippen molar-refractivity contribution in [1.82, 2.24) is 4.90 Å². The molecular formula is C24H31NO8. The van der Waals surface area contributed by atoms with Crippen LogP contribution < -0.4 is 0 Å². The summed E-state index contributed by atoms with van der Waals surface area (Å²) in [6, 6.07) is 8.51. The second-order valence-corrected chi connectivity index (χ2v) is 9.88. The summed E-state index contributed by atoms with van der Waals surface area (Å²) in [7, 11) is 1.50. The van der Waals surface area contributed by atoms with Crippen LogP contribution >= 0.6 is 0 Å². The maximum Gasteiger partial charge on any atom is 0.255 e. The third-order valence-electron chi connectivity index (χ3n) is 6.73. The van der Waals surface area contributed by atoms with E-state index in [2.05, 4.69) is 0 Å². The Hall–Kier alpha value is -1.88. The largest absolute Gasteiger partial charge is 0.369 e. The molecule has 1 amide bonds. The minimum atomic E-state index is -0.945. The van der Waals surface area contributed by atoms with E-state index in [4.69, 9.17) is 28.4 Å². The number of carbonyl (C=O) groups excluding carboxylic acids is 2. The molecule has 0 aliphatic carbocycles. The molecule has 0 bridgehead atoms. The number of hydrogen-bond donors (Lipinski definition) is 0. The molecule has 9 nitrogen and oxygen atoms in total. The fourth-order valence-corrected chi connectivity index (χ4v) is 5.26. The quantitative estimate of drug-likeness (QED) is 0.343. The van der Waals surface area contributed by atoms with Crippen molar-refractivity contribution >= 4 is 12.2 Å². The molecule has 8 atom stereocenters. The molecule has 1 aromatic carbocycles. The van der Waals surface area contributed by atoms with Gasteiger partial charge in [0.1, 0.15) is 42.8 Å². The van der Waals surface area contributed by atoms with Gasteiger partial charge in [-0.3, -0.25) is 4.79 Å². The van der Waals surface area contributed by atoms with E-state index >= 15 is 0 Å². The first-order valence-corrected chi connectivity index (χ1v) is 11.3. The van der Waals surface area contributed by atoms with E-state index in [0.29, 0.717) is 6.61 Å². The number of methoxy groups -OCH3 is 1. The monoisotopic (exact) mass is 461 g/mol. The van der Waals surface area contributed by atoms with E-state index in [0.717, 1.165) is 11.8 Å². The molecule has 4 fully saturated rings. The SMILES string of the molecule is CO[C@@H]1C(=O)N([C@@H](C=O)[C@H]2OC(C)(C)O[C@@H]2[C@H]2COC(C)(C)O2)[C@@H]1[C@H]1O[C@@H]1c1ccccc1. The Morgan fingerprint density at radius 1 is 1.06 bits per heavy atom. The van der Waals surface area contributed by atoms with Gasteiger partial charge >= 0.3 is 0 Å². The van der Waals surface area contributed by atoms with Crippen LogP contribution in [0.3, 0.4) is 0 Å². The van der Waals surface area contributed by atoms with Gasteiger partial charge in [0, 0.05) is 7.11 Å². The van der Waals surface area contributed by atoms with Crippen molar-refractivity contribution in [1.29, 1.82) is 0 Å². The Bertz CT molecular complexity index is 905. The number of likely N-dealkylation sites (tertiary alicyclic amines) is 1. The van der Waals surface area contributed by atoms with Gasteiger partial charge in [0.25, 0.3) is 5.91 Å². The van der Waals surface area contributed by atoms with Crippen LogP contribution in [0.1, 0.15) is 39.4 Å². The molecule has 0 radical (unpaired) electrons. The fourth-order valence-electron chi connectivity index (χ4n) is 5.26. The zero-order valence-electron chi connectivity index (χ0n) is 19.5. The van der Waals surface area contributed by atoms with Gasteiger partial charge in [-0.1, -0.05) is 30.3 Å². The molecule has 5 rings (SSSR count). The average Bonchev–Trinajstić information content (AvgIpc) is 3.37. The molecule has 0 unspecified atom stereocenters. The molecule has 0 spiro atoms. The van der Waals surface area contributed by atoms with E-state index in [1.807, 2.05) is 44.2 Å². The smallest absolute Gasteiger partial charge is 0.255 e. The third kappa shape index (κ3) is 4.00. The van der Waals surface area contributed by atoms with Crippen LogP contribution in [0.4, 0.5) is 0 Å². The summed E-state index contributed by atoms with van der Waals surface area (Å²) in [4.78, 5) is 27.0. The molecule has 9 heteroatoms. The summed E-state index contributed by atoms with van der Waals surface area (Å²) < 4.78 is 35.5. The molecule has 1 aromatic rings. The summed E-state index contributed by atoms with van der Waals surface area (Å²) in [6.45, 7) is 7.52. The summed E-state index contributed by atoms with van der Waals surface area (Å²) in [5.41, 5.74) is 1.03. The summed E-state index contributed by atoms with van der Waals surface area (Å²) in [5, 5.41) is 0. The van der Waals surface area contributed by atoms with E-state index in [1.165, 1.54) is 12.0 Å². The first kappa shape index (κ1) is 22.9. The summed E-state index contributed by atoms with van der Waals surface area (Å²) in [6.07, 6.45) is -2.09. The molecule has 180 valence electrons. The highest BCUT2D eigenvalue weighted by atomic mass is 16.8. The van der Waals surface area contributed by atoms with Gasteiger partial charge in [-0.2, -0.15) is 0 Å². The lowest BCUT2D eigenvalue weighted by Crippen LogP contribution is -2.73. The number of nitrogens with zero attached hydrogens (tertiary/aromatic N) is 1. The molecule has 4 aliphatic rings. The van der Waals surface area contributed by atoms with Crippen molar-refractivity contribution in [3.05, 3.63) is 35.9 Å². The van der Waals surface area contributed by atoms with Gasteiger partial charge in [0.15, 0.2) is 17.7 Å². The highest BCUT2D eigenvalue weighted by Gasteiger charge is 2.65. The van der Waals surface area contributed by atoms with Gasteiger partial charge in [-0.05, 0) is 33.3 Å². The van der Waals surface area contributed by atoms with Gasteiger partial charge in [-0.25, -0.2) is 0 Å². The van der Waals surface area contributed by atoms with Crippen LogP contribution in [0.2, 0.25) is 0 Å². The Balaban J connectivity index is 1.39. The van der Waals surface area contributed by atoms with Crippen LogP contribution in [0.5, 0.6) is 0 Å². The normalized spacial score (nSPS) is 39.8. The van der Waals surface area contributed by atoms with Crippen molar-refractivity contribution < 1.29 is 38.0 Å². The molecule has 33 heavy (non-hydrogen) atoms. The van der Waals surface area contributed by atoms with E-state index < -0.39 is 48.1 Å². The minimum absolute atomic E-state index is 0.155. The second-order valence-electron chi connectivity index (χ2n) is 9.88. The lowest BCUT2D eigenvalue weighted by molar-refractivity contribution is -0.188. The van der Waals surface area contributed by atoms with Crippen LogP contribution in [0.25, 0.3) is 0 Å². The first-order valence-electron chi connectivity index (χ1n) is 11.3. The van der Waals surface area contributed by atoms with E-state index in [1.54, 1.807) is 13.8 Å². The highest BCUT2D eigenvalue weighted by molar-refractivity contribution is 5.91. The van der Waals surface area contributed by atoms with Crippen molar-refractivity contribution in [2.45, 2.75) is 88.0 Å². The zero-order valence-corrected chi connectivity index (χ0v) is 19.5. The van der Waals surface area contributed by atoms with Crippen molar-refractivity contribution in [2.75, 3.05) is 13.7 Å². The number of benzene rings is 1. The number of ether oxygens (including phenoxy) is 6. The number of β-lactam (4-membered cyclic amide) rings is 1. The number of epoxide rings is 1. The maximum absolute atomic E-state index is 13.1. The number of hydrogen-bond acceptors (Lipinski definition) is 8. The van der Waals surface area contributed by atoms with Gasteiger partial charge in [0.2, 0.25) is 0 Å². The van der Waals surface area contributed by atoms with Gasteiger partial charge in [0.05, 0.1) is 12.6 Å². The van der Waals surface area contributed by atoms with Gasteiger partial charge < -0.3 is 38.1 Å². The Morgan fingerprint density at radius 2 is 1.79 bits per heavy atom. The Kier molecular flexibility index (Phi) is 5.63. The molecule has 0 saturated carbocycles. The van der Waals surface area contributed by atoms with Crippen LogP contribution in [-0.4, -0.2) is 85.0 Å². The average molecular weight is 462 g/mol. The second kappa shape index (κ2) is 8.11. The lowest BCUT2D eigenvalue weighted by atomic mass is 9.87. The first-order chi connectivity index (χ1) is 15.7. The Labute approximate surface area is 193 Å². The number of rotatable bonds is 7. The number of aldehydes is 1. The Morgan fingerprint density at radius 3 is 2.39 bits per heavy atom. The molecule has 0 N–H and O–H groups in total. The molecule has 0 aromatic heterocycles. The predicted molar refractivity (Wildman–Crippen MR) is 114 cm³/mol. The summed E-state index contributed by atoms with van der Waals surface area (Å²) >= 11 is 0.